The van der Waals surface area contributed by atoms with Crippen LogP contribution in [0, 0.1) is 0 Å². The van der Waals surface area contributed by atoms with E-state index in [1.54, 1.807) is 7.11 Å². The zero-order valence-electron chi connectivity index (χ0n) is 27.3. The van der Waals surface area contributed by atoms with Crippen molar-refractivity contribution in [1.29, 1.82) is 0 Å². The van der Waals surface area contributed by atoms with Crippen LogP contribution in [0.1, 0.15) is 108 Å². The molecule has 238 valence electrons. The van der Waals surface area contributed by atoms with Gasteiger partial charge in [0.2, 0.25) is 5.91 Å². The molecule has 2 amide bonds. The minimum Gasteiger partial charge on any atom is -0.495 e. The molecule has 0 bridgehead atoms. The monoisotopic (exact) mass is 592 g/mol. The average Bonchev–Trinajstić information content (AvgIpc) is 3.04. The zero-order chi connectivity index (χ0) is 30.9. The quantitative estimate of drug-likeness (QED) is 0.167. The Balaban J connectivity index is 1.54. The van der Waals surface area contributed by atoms with Gasteiger partial charge < -0.3 is 24.8 Å². The van der Waals surface area contributed by atoms with Crippen molar-refractivity contribution in [2.24, 2.45) is 0 Å². The number of hydrogen-bond donors (Lipinski definition) is 1. The number of piperazine rings is 1. The lowest BCUT2D eigenvalue weighted by Gasteiger charge is -2.38. The number of para-hydroxylation sites is 2. The van der Waals surface area contributed by atoms with Gasteiger partial charge in [0.05, 0.1) is 18.4 Å². The number of amides is 2. The van der Waals surface area contributed by atoms with Gasteiger partial charge >= 0.3 is 0 Å². The summed E-state index contributed by atoms with van der Waals surface area (Å²) in [5.74, 6) is 0.908. The van der Waals surface area contributed by atoms with Crippen LogP contribution in [-0.2, 0) is 4.79 Å². The van der Waals surface area contributed by atoms with Crippen molar-refractivity contribution in [2.75, 3.05) is 61.5 Å². The standard InChI is InChI=1S/C36H56N4O3/c1-5-8-9-10-11-12-13-14-15-16-17-22-35(41)37-30-23-24-32(31(29-30)36(42)38(6-2)7-3)39-25-27-40(28-26-39)33-20-18-19-21-34(33)43-4/h18-21,23-24,29H,5-17,22,25-28H2,1-4H3,(H,37,41). The van der Waals surface area contributed by atoms with Crippen LogP contribution >= 0.6 is 0 Å². The van der Waals surface area contributed by atoms with Gasteiger partial charge in [-0.15, -0.1) is 0 Å². The number of anilines is 3. The molecule has 43 heavy (non-hydrogen) atoms. The fraction of sp³-hybridized carbons (Fsp3) is 0.611. The molecule has 7 heteroatoms. The SMILES string of the molecule is CCCCCCCCCCCCCC(=O)Nc1ccc(N2CCN(c3ccccc3OC)CC2)c(C(=O)N(CC)CC)c1. The molecule has 2 aromatic carbocycles. The molecule has 0 aliphatic carbocycles. The first-order valence-corrected chi connectivity index (χ1v) is 16.9. The minimum atomic E-state index is 0.00798. The predicted octanol–water partition coefficient (Wildman–Crippen LogP) is 8.14. The van der Waals surface area contributed by atoms with Gasteiger partial charge in [0.1, 0.15) is 5.75 Å². The van der Waals surface area contributed by atoms with Crippen molar-refractivity contribution in [3.05, 3.63) is 48.0 Å². The number of hydrogen-bond acceptors (Lipinski definition) is 5. The summed E-state index contributed by atoms with van der Waals surface area (Å²) in [5, 5.41) is 3.07. The maximum atomic E-state index is 13.6. The predicted molar refractivity (Wildman–Crippen MR) is 181 cm³/mol. The number of nitrogens with zero attached hydrogens (tertiary/aromatic N) is 3. The smallest absolute Gasteiger partial charge is 0.256 e. The van der Waals surface area contributed by atoms with Crippen molar-refractivity contribution < 1.29 is 14.3 Å². The molecule has 0 atom stereocenters. The van der Waals surface area contributed by atoms with Crippen LogP contribution in [0.3, 0.4) is 0 Å². The highest BCUT2D eigenvalue weighted by atomic mass is 16.5. The van der Waals surface area contributed by atoms with Crippen molar-refractivity contribution in [2.45, 2.75) is 97.8 Å². The Hall–Kier alpha value is -3.22. The summed E-state index contributed by atoms with van der Waals surface area (Å²) in [6.45, 7) is 10.8. The Kier molecular flexibility index (Phi) is 15.3. The first-order valence-electron chi connectivity index (χ1n) is 16.9. The maximum Gasteiger partial charge on any atom is 0.256 e. The van der Waals surface area contributed by atoms with E-state index >= 15 is 0 Å². The number of rotatable bonds is 19. The van der Waals surface area contributed by atoms with Crippen molar-refractivity contribution >= 4 is 28.9 Å². The highest BCUT2D eigenvalue weighted by Crippen LogP contribution is 2.31. The van der Waals surface area contributed by atoms with Crippen molar-refractivity contribution in [1.82, 2.24) is 4.90 Å². The van der Waals surface area contributed by atoms with Crippen LogP contribution in [0.2, 0.25) is 0 Å². The summed E-state index contributed by atoms with van der Waals surface area (Å²) in [5.41, 5.74) is 3.38. The van der Waals surface area contributed by atoms with Crippen LogP contribution in [0.15, 0.2) is 42.5 Å². The third-order valence-electron chi connectivity index (χ3n) is 8.61. The number of nitrogens with one attached hydrogen (secondary N) is 1. The first-order chi connectivity index (χ1) is 21.0. The van der Waals surface area contributed by atoms with E-state index in [9.17, 15) is 9.59 Å². The molecular weight excluding hydrogens is 536 g/mol. The van der Waals surface area contributed by atoms with Crippen molar-refractivity contribution in [3.63, 3.8) is 0 Å². The van der Waals surface area contributed by atoms with Gasteiger partial charge in [0.15, 0.2) is 0 Å². The Morgan fingerprint density at radius 3 is 1.88 bits per heavy atom. The highest BCUT2D eigenvalue weighted by molar-refractivity contribution is 6.02. The molecule has 1 N–H and O–H groups in total. The number of carbonyl (C=O) groups is 2. The second kappa shape index (κ2) is 19.1. The summed E-state index contributed by atoms with van der Waals surface area (Å²) in [7, 11) is 1.71. The molecule has 1 heterocycles. The largest absolute Gasteiger partial charge is 0.495 e. The Labute approximate surface area is 261 Å². The molecule has 1 saturated heterocycles. The maximum absolute atomic E-state index is 13.6. The van der Waals surface area contributed by atoms with Crippen LogP contribution in [0.5, 0.6) is 5.75 Å². The highest BCUT2D eigenvalue weighted by Gasteiger charge is 2.25. The first kappa shape index (κ1) is 34.3. The molecule has 1 aliphatic rings. The van der Waals surface area contributed by atoms with Gasteiger partial charge in [-0.05, 0) is 50.6 Å². The van der Waals surface area contributed by atoms with E-state index in [1.165, 1.54) is 57.8 Å². The third-order valence-corrected chi connectivity index (χ3v) is 8.61. The molecule has 0 aromatic heterocycles. The van der Waals surface area contributed by atoms with Gasteiger partial charge in [-0.2, -0.15) is 0 Å². The molecule has 1 fully saturated rings. The molecule has 0 unspecified atom stereocenters. The van der Waals surface area contributed by atoms with E-state index in [2.05, 4.69) is 28.1 Å². The molecule has 2 aromatic rings. The molecule has 1 aliphatic heterocycles. The summed E-state index contributed by atoms with van der Waals surface area (Å²) in [6.07, 6.45) is 14.4. The molecule has 0 radical (unpaired) electrons. The van der Waals surface area contributed by atoms with Crippen LogP contribution < -0.4 is 19.9 Å². The molecular formula is C36H56N4O3. The molecule has 7 nitrogen and oxygen atoms in total. The van der Waals surface area contributed by atoms with Crippen LogP contribution in [-0.4, -0.2) is 63.1 Å². The van der Waals surface area contributed by atoms with Crippen LogP contribution in [0.4, 0.5) is 17.1 Å². The Morgan fingerprint density at radius 2 is 1.30 bits per heavy atom. The second-order valence-corrected chi connectivity index (χ2v) is 11.7. The van der Waals surface area contributed by atoms with E-state index in [0.717, 1.165) is 56.1 Å². The summed E-state index contributed by atoms with van der Waals surface area (Å²) < 4.78 is 5.58. The fourth-order valence-corrected chi connectivity index (χ4v) is 5.99. The van der Waals surface area contributed by atoms with Gasteiger partial charge in [0.25, 0.3) is 5.91 Å². The minimum absolute atomic E-state index is 0.00798. The van der Waals surface area contributed by atoms with E-state index in [4.69, 9.17) is 4.74 Å². The summed E-state index contributed by atoms with van der Waals surface area (Å²) in [6, 6.07) is 13.9. The number of carbonyl (C=O) groups excluding carboxylic acids is 2. The van der Waals surface area contributed by atoms with Gasteiger partial charge in [-0.1, -0.05) is 83.3 Å². The van der Waals surface area contributed by atoms with E-state index in [-0.39, 0.29) is 11.8 Å². The van der Waals surface area contributed by atoms with Crippen LogP contribution in [0.25, 0.3) is 0 Å². The number of methoxy groups -OCH3 is 1. The average molecular weight is 593 g/mol. The van der Waals surface area contributed by atoms with Gasteiger partial charge in [-0.3, -0.25) is 9.59 Å². The second-order valence-electron chi connectivity index (χ2n) is 11.7. The Morgan fingerprint density at radius 1 is 0.744 bits per heavy atom. The lowest BCUT2D eigenvalue weighted by molar-refractivity contribution is -0.116. The molecule has 0 spiro atoms. The lowest BCUT2D eigenvalue weighted by Crippen LogP contribution is -2.47. The fourth-order valence-electron chi connectivity index (χ4n) is 5.99. The molecule has 0 saturated carbocycles. The number of unbranched alkanes of at least 4 members (excludes halogenated alkanes) is 10. The lowest BCUT2D eigenvalue weighted by atomic mass is 10.0. The normalized spacial score (nSPS) is 13.2. The summed E-state index contributed by atoms with van der Waals surface area (Å²) in [4.78, 5) is 32.9. The van der Waals surface area contributed by atoms with E-state index in [1.807, 2.05) is 55.1 Å². The number of ether oxygens (including phenoxy) is 1. The van der Waals surface area contributed by atoms with Crippen molar-refractivity contribution in [3.8, 4) is 5.75 Å². The van der Waals surface area contributed by atoms with E-state index in [0.29, 0.717) is 30.8 Å². The van der Waals surface area contributed by atoms with Gasteiger partial charge in [-0.25, -0.2) is 0 Å². The topological polar surface area (TPSA) is 65.1 Å². The van der Waals surface area contributed by atoms with E-state index < -0.39 is 0 Å². The number of benzene rings is 2. The summed E-state index contributed by atoms with van der Waals surface area (Å²) >= 11 is 0. The van der Waals surface area contributed by atoms with Gasteiger partial charge in [0, 0.05) is 57.1 Å². The Bertz CT molecular complexity index is 1110. The third kappa shape index (κ3) is 10.8. The molecule has 3 rings (SSSR count). The zero-order valence-corrected chi connectivity index (χ0v) is 27.3.